The fourth-order valence-electron chi connectivity index (χ4n) is 1.33. The molecule has 0 spiro atoms. The van der Waals surface area contributed by atoms with Crippen molar-refractivity contribution in [2.45, 2.75) is 26.2 Å². The summed E-state index contributed by atoms with van der Waals surface area (Å²) in [6.45, 7) is 6.11. The number of hydrogen-bond donors (Lipinski definition) is 0. The largest absolute Gasteiger partial charge is 0.303 e. The van der Waals surface area contributed by atoms with Crippen LogP contribution < -0.4 is 0 Å². The molecule has 0 atom stereocenters. The zero-order valence-corrected chi connectivity index (χ0v) is 8.94. The average Bonchev–Trinajstić information content (AvgIpc) is 2.81. The van der Waals surface area contributed by atoms with Crippen molar-refractivity contribution in [3.63, 3.8) is 0 Å². The number of rotatable bonds is 6. The van der Waals surface area contributed by atoms with Gasteiger partial charge in [0.1, 0.15) is 0 Å². The van der Waals surface area contributed by atoms with E-state index < -0.39 is 0 Å². The third kappa shape index (κ3) is 4.12. The minimum Gasteiger partial charge on any atom is -0.303 e. The van der Waals surface area contributed by atoms with E-state index >= 15 is 0 Å². The van der Waals surface area contributed by atoms with Crippen molar-refractivity contribution in [1.82, 2.24) is 4.90 Å². The summed E-state index contributed by atoms with van der Waals surface area (Å²) >= 11 is 3.46. The van der Waals surface area contributed by atoms with Crippen LogP contribution in [0.5, 0.6) is 0 Å². The van der Waals surface area contributed by atoms with E-state index in [0.717, 1.165) is 11.2 Å². The number of nitrogens with zero attached hydrogens (tertiary/aromatic N) is 1. The van der Waals surface area contributed by atoms with E-state index in [-0.39, 0.29) is 0 Å². The first-order valence-electron chi connectivity index (χ1n) is 4.65. The summed E-state index contributed by atoms with van der Waals surface area (Å²) in [5, 5.41) is 1.15. The van der Waals surface area contributed by atoms with Crippen molar-refractivity contribution >= 4 is 15.9 Å². The summed E-state index contributed by atoms with van der Waals surface area (Å²) in [7, 11) is 0. The molecule has 1 fully saturated rings. The minimum absolute atomic E-state index is 1.05. The van der Waals surface area contributed by atoms with Crippen LogP contribution in [0.4, 0.5) is 0 Å². The van der Waals surface area contributed by atoms with Gasteiger partial charge in [0, 0.05) is 11.9 Å². The smallest absolute Gasteiger partial charge is 0.00434 e. The summed E-state index contributed by atoms with van der Waals surface area (Å²) in [5.41, 5.74) is 0. The van der Waals surface area contributed by atoms with Crippen LogP contribution in [0.2, 0.25) is 0 Å². The van der Waals surface area contributed by atoms with Crippen molar-refractivity contribution in [3.05, 3.63) is 0 Å². The molecule has 0 aliphatic heterocycles. The Kier molecular flexibility index (Phi) is 4.46. The molecule has 0 aromatic carbocycles. The van der Waals surface area contributed by atoms with Crippen molar-refractivity contribution in [1.29, 1.82) is 0 Å². The lowest BCUT2D eigenvalue weighted by atomic mass is 10.3. The van der Waals surface area contributed by atoms with Gasteiger partial charge in [-0.1, -0.05) is 22.9 Å². The monoisotopic (exact) mass is 219 g/mol. The van der Waals surface area contributed by atoms with Crippen molar-refractivity contribution in [3.8, 4) is 0 Å². The molecule has 0 heterocycles. The summed E-state index contributed by atoms with van der Waals surface area (Å²) < 4.78 is 0. The van der Waals surface area contributed by atoms with Crippen molar-refractivity contribution in [2.24, 2.45) is 5.92 Å². The standard InChI is InChI=1S/C9H18BrN/c1-2-11(7-3-6-10)8-9-4-5-9/h9H,2-8H2,1H3. The first kappa shape index (κ1) is 9.53. The van der Waals surface area contributed by atoms with Gasteiger partial charge < -0.3 is 4.90 Å². The Labute approximate surface area is 78.3 Å². The van der Waals surface area contributed by atoms with Crippen LogP contribution in [0.25, 0.3) is 0 Å². The maximum absolute atomic E-state index is 3.46. The molecular formula is C9H18BrN. The highest BCUT2D eigenvalue weighted by Gasteiger charge is 2.23. The van der Waals surface area contributed by atoms with E-state index in [4.69, 9.17) is 0 Å². The van der Waals surface area contributed by atoms with Gasteiger partial charge in [0.05, 0.1) is 0 Å². The highest BCUT2D eigenvalue weighted by molar-refractivity contribution is 9.09. The lowest BCUT2D eigenvalue weighted by Crippen LogP contribution is -2.26. The first-order chi connectivity index (χ1) is 5.36. The van der Waals surface area contributed by atoms with Crippen LogP contribution in [0.1, 0.15) is 26.2 Å². The van der Waals surface area contributed by atoms with E-state index in [2.05, 4.69) is 27.8 Å². The van der Waals surface area contributed by atoms with Crippen LogP contribution in [-0.2, 0) is 0 Å². The molecule has 0 aromatic rings. The molecule has 1 aliphatic rings. The molecule has 0 N–H and O–H groups in total. The summed E-state index contributed by atoms with van der Waals surface area (Å²) in [4.78, 5) is 2.57. The van der Waals surface area contributed by atoms with Gasteiger partial charge in [-0.15, -0.1) is 0 Å². The quantitative estimate of drug-likeness (QED) is 0.621. The second-order valence-corrected chi connectivity index (χ2v) is 4.17. The Morgan fingerprint density at radius 2 is 2.18 bits per heavy atom. The zero-order valence-electron chi connectivity index (χ0n) is 7.35. The van der Waals surface area contributed by atoms with Gasteiger partial charge in [0.2, 0.25) is 0 Å². The molecule has 0 amide bonds. The Morgan fingerprint density at radius 1 is 1.45 bits per heavy atom. The fourth-order valence-corrected chi connectivity index (χ4v) is 1.58. The normalized spacial score (nSPS) is 17.7. The molecule has 2 heteroatoms. The summed E-state index contributed by atoms with van der Waals surface area (Å²) in [6, 6.07) is 0. The Hall–Kier alpha value is 0.440. The molecule has 0 radical (unpaired) electrons. The Morgan fingerprint density at radius 3 is 2.64 bits per heavy atom. The third-order valence-electron chi connectivity index (χ3n) is 2.27. The molecule has 1 saturated carbocycles. The second kappa shape index (κ2) is 5.15. The maximum Gasteiger partial charge on any atom is 0.00434 e. The highest BCUT2D eigenvalue weighted by atomic mass is 79.9. The molecule has 0 aromatic heterocycles. The summed E-state index contributed by atoms with van der Waals surface area (Å²) in [5.74, 6) is 1.05. The zero-order chi connectivity index (χ0) is 8.10. The molecule has 0 saturated heterocycles. The van der Waals surface area contributed by atoms with E-state index in [9.17, 15) is 0 Å². The van der Waals surface area contributed by atoms with Crippen LogP contribution in [0, 0.1) is 5.92 Å². The molecule has 0 bridgehead atoms. The minimum atomic E-state index is 1.05. The lowest BCUT2D eigenvalue weighted by Gasteiger charge is -2.19. The predicted octanol–water partition coefficient (Wildman–Crippen LogP) is 2.50. The van der Waals surface area contributed by atoms with Gasteiger partial charge in [0.25, 0.3) is 0 Å². The number of alkyl halides is 1. The molecule has 1 aliphatic carbocycles. The van der Waals surface area contributed by atoms with E-state index in [0.29, 0.717) is 0 Å². The third-order valence-corrected chi connectivity index (χ3v) is 2.83. The Bertz CT molecular complexity index is 102. The average molecular weight is 220 g/mol. The lowest BCUT2D eigenvalue weighted by molar-refractivity contribution is 0.278. The molecule has 1 rings (SSSR count). The SMILES string of the molecule is CCN(CCCBr)CC1CC1. The molecule has 1 nitrogen and oxygen atoms in total. The van der Waals surface area contributed by atoms with Gasteiger partial charge in [0.15, 0.2) is 0 Å². The van der Waals surface area contributed by atoms with E-state index in [1.807, 2.05) is 0 Å². The summed E-state index contributed by atoms with van der Waals surface area (Å²) in [6.07, 6.45) is 4.25. The van der Waals surface area contributed by atoms with Crippen LogP contribution in [0.15, 0.2) is 0 Å². The van der Waals surface area contributed by atoms with Crippen molar-refractivity contribution < 1.29 is 0 Å². The van der Waals surface area contributed by atoms with Gasteiger partial charge in [-0.25, -0.2) is 0 Å². The van der Waals surface area contributed by atoms with Crippen molar-refractivity contribution in [2.75, 3.05) is 25.0 Å². The maximum atomic E-state index is 3.46. The fraction of sp³-hybridized carbons (Fsp3) is 1.00. The van der Waals surface area contributed by atoms with Crippen LogP contribution >= 0.6 is 15.9 Å². The second-order valence-electron chi connectivity index (χ2n) is 3.38. The molecule has 0 unspecified atom stereocenters. The molecule has 66 valence electrons. The van der Waals surface area contributed by atoms with Gasteiger partial charge in [-0.2, -0.15) is 0 Å². The topological polar surface area (TPSA) is 3.24 Å². The van der Waals surface area contributed by atoms with Crippen LogP contribution in [0.3, 0.4) is 0 Å². The first-order valence-corrected chi connectivity index (χ1v) is 5.77. The highest BCUT2D eigenvalue weighted by Crippen LogP contribution is 2.29. The predicted molar refractivity (Wildman–Crippen MR) is 53.2 cm³/mol. The van der Waals surface area contributed by atoms with Crippen LogP contribution in [-0.4, -0.2) is 29.9 Å². The van der Waals surface area contributed by atoms with E-state index in [1.54, 1.807) is 0 Å². The van der Waals surface area contributed by atoms with Gasteiger partial charge >= 0.3 is 0 Å². The number of halogens is 1. The van der Waals surface area contributed by atoms with Gasteiger partial charge in [-0.05, 0) is 38.3 Å². The Balaban J connectivity index is 2.02. The molecule has 11 heavy (non-hydrogen) atoms. The van der Waals surface area contributed by atoms with E-state index in [1.165, 1.54) is 38.9 Å². The molecular weight excluding hydrogens is 202 g/mol. The number of hydrogen-bond acceptors (Lipinski definition) is 1. The van der Waals surface area contributed by atoms with Gasteiger partial charge in [-0.3, -0.25) is 0 Å².